The Bertz CT molecular complexity index is 736. The molecule has 0 N–H and O–H groups in total. The fourth-order valence-electron chi connectivity index (χ4n) is 2.14. The lowest BCUT2D eigenvalue weighted by Crippen LogP contribution is -1.91. The van der Waals surface area contributed by atoms with E-state index in [9.17, 15) is 8.78 Å². The second-order valence-electron chi connectivity index (χ2n) is 4.39. The lowest BCUT2D eigenvalue weighted by Gasteiger charge is -2.09. The van der Waals surface area contributed by atoms with E-state index in [0.29, 0.717) is 11.3 Å². The fraction of sp³-hybridized carbons (Fsp3) is 0. The van der Waals surface area contributed by atoms with E-state index >= 15 is 0 Å². The predicted octanol–water partition coefficient (Wildman–Crippen LogP) is 4.69. The number of hydrogen-bond donors (Lipinski definition) is 0. The number of hydrogen-bond acceptors (Lipinski definition) is 1. The van der Waals surface area contributed by atoms with Crippen LogP contribution in [-0.2, 0) is 0 Å². The average Bonchev–Trinajstić information content (AvgIpc) is 2.49. The van der Waals surface area contributed by atoms with E-state index in [4.69, 9.17) is 0 Å². The highest BCUT2D eigenvalue weighted by Crippen LogP contribution is 2.31. The maximum absolute atomic E-state index is 13.9. The molecule has 3 heteroatoms. The number of rotatable bonds is 2. The van der Waals surface area contributed by atoms with Crippen LogP contribution in [0.2, 0.25) is 0 Å². The van der Waals surface area contributed by atoms with E-state index in [1.165, 1.54) is 18.2 Å². The monoisotopic (exact) mass is 267 g/mol. The van der Waals surface area contributed by atoms with E-state index in [1.807, 2.05) is 6.07 Å². The number of aromatic nitrogens is 1. The van der Waals surface area contributed by atoms with Gasteiger partial charge in [0.2, 0.25) is 0 Å². The minimum atomic E-state index is -0.324. The van der Waals surface area contributed by atoms with Crippen molar-refractivity contribution < 1.29 is 8.78 Å². The van der Waals surface area contributed by atoms with Gasteiger partial charge >= 0.3 is 0 Å². The SMILES string of the molecule is Fc1ccc(-c2cccnc2-c2ccccc2F)cc1. The zero-order chi connectivity index (χ0) is 13.9. The van der Waals surface area contributed by atoms with Crippen LogP contribution in [0, 0.1) is 11.6 Å². The summed E-state index contributed by atoms with van der Waals surface area (Å²) < 4.78 is 26.9. The van der Waals surface area contributed by atoms with E-state index in [1.54, 1.807) is 42.6 Å². The van der Waals surface area contributed by atoms with Gasteiger partial charge in [-0.1, -0.05) is 30.3 Å². The summed E-state index contributed by atoms with van der Waals surface area (Å²) in [5.74, 6) is -0.625. The van der Waals surface area contributed by atoms with Crippen LogP contribution in [0.1, 0.15) is 0 Å². The second-order valence-corrected chi connectivity index (χ2v) is 4.39. The molecule has 0 radical (unpaired) electrons. The molecule has 0 aliphatic rings. The Morgan fingerprint density at radius 2 is 1.40 bits per heavy atom. The Labute approximate surface area is 115 Å². The van der Waals surface area contributed by atoms with Crippen LogP contribution in [0.3, 0.4) is 0 Å². The van der Waals surface area contributed by atoms with E-state index < -0.39 is 0 Å². The van der Waals surface area contributed by atoms with Crippen LogP contribution in [0.15, 0.2) is 66.9 Å². The average molecular weight is 267 g/mol. The standard InChI is InChI=1S/C17H11F2N/c18-13-9-7-12(8-10-13)14-5-3-11-20-17(14)15-4-1-2-6-16(15)19/h1-11H. The van der Waals surface area contributed by atoms with Crippen molar-refractivity contribution in [3.8, 4) is 22.4 Å². The highest BCUT2D eigenvalue weighted by atomic mass is 19.1. The molecule has 0 saturated heterocycles. The largest absolute Gasteiger partial charge is 0.255 e. The molecule has 0 fully saturated rings. The third kappa shape index (κ3) is 2.30. The predicted molar refractivity (Wildman–Crippen MR) is 75.0 cm³/mol. The maximum atomic E-state index is 13.9. The van der Waals surface area contributed by atoms with Gasteiger partial charge in [-0.25, -0.2) is 8.78 Å². The Kier molecular flexibility index (Phi) is 3.25. The molecular weight excluding hydrogens is 256 g/mol. The summed E-state index contributed by atoms with van der Waals surface area (Å²) in [7, 11) is 0. The maximum Gasteiger partial charge on any atom is 0.132 e. The normalized spacial score (nSPS) is 10.5. The van der Waals surface area contributed by atoms with E-state index in [2.05, 4.69) is 4.98 Å². The number of pyridine rings is 1. The molecular formula is C17H11F2N. The summed E-state index contributed by atoms with van der Waals surface area (Å²) in [5, 5.41) is 0. The minimum absolute atomic E-state index is 0.301. The molecule has 0 unspecified atom stereocenters. The minimum Gasteiger partial charge on any atom is -0.255 e. The van der Waals surface area contributed by atoms with Gasteiger partial charge in [0.05, 0.1) is 5.69 Å². The van der Waals surface area contributed by atoms with Crippen molar-refractivity contribution in [3.05, 3.63) is 78.5 Å². The van der Waals surface area contributed by atoms with Crippen LogP contribution >= 0.6 is 0 Å². The van der Waals surface area contributed by atoms with Crippen molar-refractivity contribution in [1.82, 2.24) is 4.98 Å². The van der Waals surface area contributed by atoms with Gasteiger partial charge in [0.1, 0.15) is 11.6 Å². The topological polar surface area (TPSA) is 12.9 Å². The molecule has 3 aromatic rings. The van der Waals surface area contributed by atoms with Crippen molar-refractivity contribution in [1.29, 1.82) is 0 Å². The first-order valence-electron chi connectivity index (χ1n) is 6.21. The number of halogens is 2. The molecule has 0 aliphatic carbocycles. The molecule has 1 nitrogen and oxygen atoms in total. The van der Waals surface area contributed by atoms with Gasteiger partial charge in [-0.15, -0.1) is 0 Å². The van der Waals surface area contributed by atoms with Crippen LogP contribution in [0.25, 0.3) is 22.4 Å². The third-order valence-electron chi connectivity index (χ3n) is 3.09. The summed E-state index contributed by atoms with van der Waals surface area (Å²) in [4.78, 5) is 4.27. The van der Waals surface area contributed by atoms with Crippen molar-refractivity contribution in [2.75, 3.05) is 0 Å². The molecule has 0 spiro atoms. The van der Waals surface area contributed by atoms with Gasteiger partial charge in [0.25, 0.3) is 0 Å². The van der Waals surface area contributed by atoms with Crippen molar-refractivity contribution >= 4 is 0 Å². The summed E-state index contributed by atoms with van der Waals surface area (Å²) in [6.45, 7) is 0. The Balaban J connectivity index is 2.19. The van der Waals surface area contributed by atoms with Gasteiger partial charge in [0.15, 0.2) is 0 Å². The Morgan fingerprint density at radius 3 is 2.15 bits per heavy atom. The zero-order valence-corrected chi connectivity index (χ0v) is 10.6. The molecule has 0 aliphatic heterocycles. The Morgan fingerprint density at radius 1 is 0.700 bits per heavy atom. The van der Waals surface area contributed by atoms with Crippen LogP contribution in [0.5, 0.6) is 0 Å². The summed E-state index contributed by atoms with van der Waals surface area (Å²) >= 11 is 0. The van der Waals surface area contributed by atoms with Crippen molar-refractivity contribution in [3.63, 3.8) is 0 Å². The summed E-state index contributed by atoms with van der Waals surface area (Å²) in [6.07, 6.45) is 1.62. The highest BCUT2D eigenvalue weighted by molar-refractivity contribution is 5.80. The number of benzene rings is 2. The molecule has 0 saturated carbocycles. The van der Waals surface area contributed by atoms with Gasteiger partial charge < -0.3 is 0 Å². The smallest absolute Gasteiger partial charge is 0.132 e. The van der Waals surface area contributed by atoms with Gasteiger partial charge in [-0.05, 0) is 35.9 Å². The lowest BCUT2D eigenvalue weighted by atomic mass is 9.99. The highest BCUT2D eigenvalue weighted by Gasteiger charge is 2.11. The van der Waals surface area contributed by atoms with Crippen molar-refractivity contribution in [2.24, 2.45) is 0 Å². The van der Waals surface area contributed by atoms with E-state index in [0.717, 1.165) is 11.1 Å². The van der Waals surface area contributed by atoms with Gasteiger partial charge in [-0.3, -0.25) is 4.98 Å². The third-order valence-corrected chi connectivity index (χ3v) is 3.09. The molecule has 2 aromatic carbocycles. The van der Waals surface area contributed by atoms with Crippen LogP contribution in [0.4, 0.5) is 8.78 Å². The number of nitrogens with zero attached hydrogens (tertiary/aromatic N) is 1. The molecule has 20 heavy (non-hydrogen) atoms. The molecule has 1 heterocycles. The Hall–Kier alpha value is -2.55. The molecule has 3 rings (SSSR count). The quantitative estimate of drug-likeness (QED) is 0.656. The van der Waals surface area contributed by atoms with E-state index in [-0.39, 0.29) is 11.6 Å². The van der Waals surface area contributed by atoms with Gasteiger partial charge in [-0.2, -0.15) is 0 Å². The first-order chi connectivity index (χ1) is 9.75. The zero-order valence-electron chi connectivity index (χ0n) is 10.6. The molecule has 0 bridgehead atoms. The molecule has 0 amide bonds. The first-order valence-corrected chi connectivity index (χ1v) is 6.21. The molecule has 1 aromatic heterocycles. The molecule has 98 valence electrons. The first kappa shape index (κ1) is 12.5. The van der Waals surface area contributed by atoms with Gasteiger partial charge in [0, 0.05) is 17.3 Å². The lowest BCUT2D eigenvalue weighted by molar-refractivity contribution is 0.628. The fourth-order valence-corrected chi connectivity index (χ4v) is 2.14. The molecule has 0 atom stereocenters. The summed E-state index contributed by atoms with van der Waals surface area (Å²) in [6, 6.07) is 16.2. The van der Waals surface area contributed by atoms with Crippen LogP contribution in [-0.4, -0.2) is 4.98 Å². The van der Waals surface area contributed by atoms with Crippen LogP contribution < -0.4 is 0 Å². The summed E-state index contributed by atoms with van der Waals surface area (Å²) in [5.41, 5.74) is 2.57. The second kappa shape index (κ2) is 5.21. The van der Waals surface area contributed by atoms with Crippen molar-refractivity contribution in [2.45, 2.75) is 0 Å².